The Hall–Kier alpha value is -2.27. The number of hydrogen-bond donors (Lipinski definition) is 1. The number of aromatic nitrogens is 1. The SMILES string of the molecule is C[C@H]1C[C@@H](c2ccc(F)cc2)CN1CC(=O)NCc1ccccn1. The lowest BCUT2D eigenvalue weighted by Gasteiger charge is -2.20. The van der Waals surface area contributed by atoms with Crippen molar-refractivity contribution in [1.82, 2.24) is 15.2 Å². The van der Waals surface area contributed by atoms with E-state index in [4.69, 9.17) is 0 Å². The van der Waals surface area contributed by atoms with Crippen molar-refractivity contribution >= 4 is 5.91 Å². The zero-order valence-electron chi connectivity index (χ0n) is 13.8. The van der Waals surface area contributed by atoms with Crippen molar-refractivity contribution in [2.45, 2.75) is 31.8 Å². The van der Waals surface area contributed by atoms with Crippen LogP contribution in [0.1, 0.15) is 30.5 Å². The standard InChI is InChI=1S/C19H22FN3O/c1-14-10-16(15-5-7-17(20)8-6-15)12-23(14)13-19(24)22-11-18-4-2-3-9-21-18/h2-9,14,16H,10-13H2,1H3,(H,22,24)/t14-,16+/m0/s1. The molecule has 0 spiro atoms. The molecule has 4 nitrogen and oxygen atoms in total. The molecule has 0 radical (unpaired) electrons. The Kier molecular flexibility index (Phi) is 5.20. The molecule has 24 heavy (non-hydrogen) atoms. The van der Waals surface area contributed by atoms with Crippen LogP contribution in [0.3, 0.4) is 0 Å². The monoisotopic (exact) mass is 327 g/mol. The summed E-state index contributed by atoms with van der Waals surface area (Å²) in [5.74, 6) is 0.145. The van der Waals surface area contributed by atoms with Crippen LogP contribution < -0.4 is 5.32 Å². The summed E-state index contributed by atoms with van der Waals surface area (Å²) in [5.41, 5.74) is 1.99. The van der Waals surface area contributed by atoms with Crippen LogP contribution in [-0.4, -0.2) is 34.9 Å². The predicted molar refractivity (Wildman–Crippen MR) is 90.9 cm³/mol. The Balaban J connectivity index is 1.51. The van der Waals surface area contributed by atoms with Gasteiger partial charge in [-0.25, -0.2) is 4.39 Å². The Morgan fingerprint density at radius 1 is 1.29 bits per heavy atom. The van der Waals surface area contributed by atoms with Crippen molar-refractivity contribution in [3.8, 4) is 0 Å². The molecule has 3 rings (SSSR count). The second-order valence-corrected chi connectivity index (χ2v) is 6.36. The number of carbonyl (C=O) groups is 1. The van der Waals surface area contributed by atoms with Gasteiger partial charge in [-0.1, -0.05) is 18.2 Å². The van der Waals surface area contributed by atoms with E-state index in [1.54, 1.807) is 6.20 Å². The summed E-state index contributed by atoms with van der Waals surface area (Å²) < 4.78 is 13.1. The number of rotatable bonds is 5. The molecule has 1 aliphatic rings. The fraction of sp³-hybridized carbons (Fsp3) is 0.368. The normalized spacial score (nSPS) is 20.9. The van der Waals surface area contributed by atoms with E-state index in [1.807, 2.05) is 30.3 Å². The lowest BCUT2D eigenvalue weighted by Crippen LogP contribution is -2.38. The van der Waals surface area contributed by atoms with E-state index in [2.05, 4.69) is 22.1 Å². The van der Waals surface area contributed by atoms with Gasteiger partial charge in [0.1, 0.15) is 5.82 Å². The average Bonchev–Trinajstić information content (AvgIpc) is 2.95. The van der Waals surface area contributed by atoms with Crippen molar-refractivity contribution in [2.75, 3.05) is 13.1 Å². The summed E-state index contributed by atoms with van der Waals surface area (Å²) in [7, 11) is 0. The Morgan fingerprint density at radius 3 is 2.79 bits per heavy atom. The number of halogens is 1. The average molecular weight is 327 g/mol. The molecule has 2 aromatic rings. The molecule has 2 heterocycles. The second-order valence-electron chi connectivity index (χ2n) is 6.36. The third-order valence-corrected chi connectivity index (χ3v) is 4.58. The minimum Gasteiger partial charge on any atom is -0.349 e. The fourth-order valence-corrected chi connectivity index (χ4v) is 3.23. The molecule has 0 saturated carbocycles. The van der Waals surface area contributed by atoms with Gasteiger partial charge in [-0.2, -0.15) is 0 Å². The molecule has 1 aliphatic heterocycles. The molecule has 1 N–H and O–H groups in total. The van der Waals surface area contributed by atoms with Crippen LogP contribution in [0.4, 0.5) is 4.39 Å². The van der Waals surface area contributed by atoms with Crippen molar-refractivity contribution in [2.24, 2.45) is 0 Å². The van der Waals surface area contributed by atoms with Gasteiger partial charge in [-0.05, 0) is 49.1 Å². The van der Waals surface area contributed by atoms with E-state index in [-0.39, 0.29) is 11.7 Å². The zero-order valence-corrected chi connectivity index (χ0v) is 13.8. The Bertz CT molecular complexity index is 675. The van der Waals surface area contributed by atoms with Crippen LogP contribution in [0, 0.1) is 5.82 Å². The smallest absolute Gasteiger partial charge is 0.234 e. The maximum atomic E-state index is 13.1. The Morgan fingerprint density at radius 2 is 2.08 bits per heavy atom. The number of pyridine rings is 1. The van der Waals surface area contributed by atoms with E-state index < -0.39 is 0 Å². The molecule has 1 amide bonds. The van der Waals surface area contributed by atoms with Gasteiger partial charge in [0.25, 0.3) is 0 Å². The number of amides is 1. The minimum atomic E-state index is -0.212. The highest BCUT2D eigenvalue weighted by Gasteiger charge is 2.31. The van der Waals surface area contributed by atoms with Crippen LogP contribution in [0.15, 0.2) is 48.7 Å². The fourth-order valence-electron chi connectivity index (χ4n) is 3.23. The van der Waals surface area contributed by atoms with Crippen LogP contribution in [0.2, 0.25) is 0 Å². The molecule has 0 unspecified atom stereocenters. The molecule has 1 aromatic carbocycles. The summed E-state index contributed by atoms with van der Waals surface area (Å²) in [6, 6.07) is 12.7. The van der Waals surface area contributed by atoms with Crippen molar-refractivity contribution in [3.05, 3.63) is 65.7 Å². The third-order valence-electron chi connectivity index (χ3n) is 4.58. The first-order valence-electron chi connectivity index (χ1n) is 8.28. The number of hydrogen-bond acceptors (Lipinski definition) is 3. The highest BCUT2D eigenvalue weighted by molar-refractivity contribution is 5.78. The highest BCUT2D eigenvalue weighted by Crippen LogP contribution is 2.31. The largest absolute Gasteiger partial charge is 0.349 e. The summed E-state index contributed by atoms with van der Waals surface area (Å²) in [6.07, 6.45) is 2.70. The van der Waals surface area contributed by atoms with Crippen molar-refractivity contribution in [1.29, 1.82) is 0 Å². The quantitative estimate of drug-likeness (QED) is 0.918. The van der Waals surface area contributed by atoms with E-state index >= 15 is 0 Å². The van der Waals surface area contributed by atoms with E-state index in [0.29, 0.717) is 25.0 Å². The van der Waals surface area contributed by atoms with Gasteiger partial charge in [0, 0.05) is 18.8 Å². The lowest BCUT2D eigenvalue weighted by molar-refractivity contribution is -0.122. The molecule has 1 saturated heterocycles. The molecule has 2 atom stereocenters. The molecular formula is C19H22FN3O. The van der Waals surface area contributed by atoms with Gasteiger partial charge < -0.3 is 5.32 Å². The van der Waals surface area contributed by atoms with Crippen LogP contribution in [0.25, 0.3) is 0 Å². The van der Waals surface area contributed by atoms with Crippen molar-refractivity contribution < 1.29 is 9.18 Å². The van der Waals surface area contributed by atoms with E-state index in [1.165, 1.54) is 12.1 Å². The van der Waals surface area contributed by atoms with Gasteiger partial charge in [-0.3, -0.25) is 14.7 Å². The van der Waals surface area contributed by atoms with E-state index in [0.717, 1.165) is 24.2 Å². The summed E-state index contributed by atoms with van der Waals surface area (Å²) in [5, 5.41) is 2.92. The van der Waals surface area contributed by atoms with Gasteiger partial charge in [0.2, 0.25) is 5.91 Å². The second kappa shape index (κ2) is 7.53. The molecule has 1 fully saturated rings. The Labute approximate surface area is 141 Å². The topological polar surface area (TPSA) is 45.2 Å². The number of likely N-dealkylation sites (tertiary alicyclic amines) is 1. The van der Waals surface area contributed by atoms with Gasteiger partial charge in [0.15, 0.2) is 0 Å². The molecule has 126 valence electrons. The first-order valence-corrected chi connectivity index (χ1v) is 8.28. The number of nitrogens with one attached hydrogen (secondary N) is 1. The first kappa shape index (κ1) is 16.6. The minimum absolute atomic E-state index is 0.00672. The number of benzene rings is 1. The van der Waals surface area contributed by atoms with Crippen molar-refractivity contribution in [3.63, 3.8) is 0 Å². The molecule has 0 aliphatic carbocycles. The predicted octanol–water partition coefficient (Wildman–Crippen LogP) is 2.71. The summed E-state index contributed by atoms with van der Waals surface area (Å²) in [4.78, 5) is 18.6. The van der Waals surface area contributed by atoms with E-state index in [9.17, 15) is 9.18 Å². The van der Waals surface area contributed by atoms with Crippen LogP contribution >= 0.6 is 0 Å². The number of carbonyl (C=O) groups excluding carboxylic acids is 1. The van der Waals surface area contributed by atoms with Gasteiger partial charge in [0.05, 0.1) is 18.8 Å². The zero-order chi connectivity index (χ0) is 16.9. The lowest BCUT2D eigenvalue weighted by atomic mass is 9.97. The van der Waals surface area contributed by atoms with Gasteiger partial charge in [-0.15, -0.1) is 0 Å². The van der Waals surface area contributed by atoms with Gasteiger partial charge >= 0.3 is 0 Å². The molecular weight excluding hydrogens is 305 g/mol. The maximum absolute atomic E-state index is 13.1. The highest BCUT2D eigenvalue weighted by atomic mass is 19.1. The van der Waals surface area contributed by atoms with Crippen LogP contribution in [0.5, 0.6) is 0 Å². The molecule has 5 heteroatoms. The summed E-state index contributed by atoms with van der Waals surface area (Å²) in [6.45, 7) is 3.79. The molecule has 0 bridgehead atoms. The molecule has 1 aromatic heterocycles. The first-order chi connectivity index (χ1) is 11.6. The maximum Gasteiger partial charge on any atom is 0.234 e. The third kappa shape index (κ3) is 4.17. The summed E-state index contributed by atoms with van der Waals surface area (Å²) >= 11 is 0. The number of nitrogens with zero attached hydrogens (tertiary/aromatic N) is 2. The van der Waals surface area contributed by atoms with Crippen LogP contribution in [-0.2, 0) is 11.3 Å².